The molecule has 2 heterocycles. The molecule has 3 N–H and O–H groups in total. The van der Waals surface area contributed by atoms with E-state index in [9.17, 15) is 9.59 Å². The topological polar surface area (TPSA) is 81.1 Å². The van der Waals surface area contributed by atoms with Crippen molar-refractivity contribution in [3.05, 3.63) is 45.6 Å². The van der Waals surface area contributed by atoms with E-state index in [1.807, 2.05) is 25.1 Å². The van der Waals surface area contributed by atoms with E-state index >= 15 is 0 Å². The van der Waals surface area contributed by atoms with Crippen molar-refractivity contribution in [2.45, 2.75) is 19.4 Å². The Balaban J connectivity index is 1.84. The van der Waals surface area contributed by atoms with Gasteiger partial charge in [-0.1, -0.05) is 6.07 Å². The summed E-state index contributed by atoms with van der Waals surface area (Å²) in [5.74, 6) is 1.11. The van der Waals surface area contributed by atoms with Crippen LogP contribution in [0.1, 0.15) is 29.0 Å². The molecule has 0 saturated heterocycles. The Morgan fingerprint density at radius 3 is 2.59 bits per heavy atom. The van der Waals surface area contributed by atoms with Gasteiger partial charge in [0.2, 0.25) is 5.91 Å². The van der Waals surface area contributed by atoms with Crippen LogP contribution in [0.25, 0.3) is 0 Å². The number of hydrogen-bond donors (Lipinski definition) is 3. The van der Waals surface area contributed by atoms with Gasteiger partial charge in [0.1, 0.15) is 6.04 Å². The van der Waals surface area contributed by atoms with E-state index in [4.69, 9.17) is 9.47 Å². The molecule has 29 heavy (non-hydrogen) atoms. The second-order valence-corrected chi connectivity index (χ2v) is 7.90. The maximum absolute atomic E-state index is 12.5. The van der Waals surface area contributed by atoms with Crippen LogP contribution in [0.2, 0.25) is 0 Å². The fraction of sp³-hybridized carbons (Fsp3) is 0.429. The molecule has 0 bridgehead atoms. The zero-order valence-corrected chi connectivity index (χ0v) is 17.9. The highest BCUT2D eigenvalue weighted by Crippen LogP contribution is 2.36. The molecule has 1 aromatic carbocycles. The summed E-state index contributed by atoms with van der Waals surface area (Å²) in [7, 11) is 3.27. The van der Waals surface area contributed by atoms with Gasteiger partial charge in [0.25, 0.3) is 5.91 Å². The molecule has 1 unspecified atom stereocenters. The summed E-state index contributed by atoms with van der Waals surface area (Å²) in [5, 5.41) is 7.47. The molecule has 156 valence electrons. The highest BCUT2D eigenvalue weighted by molar-refractivity contribution is 7.10. The molecular formula is C21H28N3O4S+. The van der Waals surface area contributed by atoms with Crippen molar-refractivity contribution in [2.75, 3.05) is 40.4 Å². The molecule has 0 radical (unpaired) electrons. The fourth-order valence-electron chi connectivity index (χ4n) is 3.79. The number of amides is 2. The molecule has 1 aliphatic rings. The van der Waals surface area contributed by atoms with Gasteiger partial charge in [-0.05, 0) is 36.1 Å². The van der Waals surface area contributed by atoms with Crippen molar-refractivity contribution in [1.29, 1.82) is 0 Å². The number of hydrogen-bond acceptors (Lipinski definition) is 5. The molecule has 1 aliphatic heterocycles. The summed E-state index contributed by atoms with van der Waals surface area (Å²) in [6.45, 7) is 3.53. The van der Waals surface area contributed by atoms with E-state index in [2.05, 4.69) is 22.1 Å². The minimum absolute atomic E-state index is 0.00519. The van der Waals surface area contributed by atoms with Crippen LogP contribution in [-0.2, 0) is 16.0 Å². The molecule has 0 saturated carbocycles. The van der Waals surface area contributed by atoms with Crippen LogP contribution in [0.5, 0.6) is 11.5 Å². The van der Waals surface area contributed by atoms with Crippen molar-refractivity contribution in [3.63, 3.8) is 0 Å². The third-order valence-corrected chi connectivity index (χ3v) is 6.05. The van der Waals surface area contributed by atoms with Crippen LogP contribution in [0.4, 0.5) is 0 Å². The molecule has 2 amide bonds. The van der Waals surface area contributed by atoms with Crippen LogP contribution in [-0.4, -0.2) is 52.2 Å². The average Bonchev–Trinajstić information content (AvgIpc) is 3.25. The molecule has 0 aliphatic carbocycles. The lowest BCUT2D eigenvalue weighted by atomic mass is 9.91. The van der Waals surface area contributed by atoms with Crippen molar-refractivity contribution in [3.8, 4) is 11.5 Å². The van der Waals surface area contributed by atoms with E-state index in [1.165, 1.54) is 10.4 Å². The zero-order chi connectivity index (χ0) is 20.8. The maximum atomic E-state index is 12.5. The number of nitrogens with one attached hydrogen (secondary N) is 3. The number of likely N-dealkylation sites (N-methyl/N-ethyl adjacent to an activating group) is 1. The van der Waals surface area contributed by atoms with Crippen LogP contribution in [0.3, 0.4) is 0 Å². The van der Waals surface area contributed by atoms with Crippen molar-refractivity contribution < 1.29 is 24.0 Å². The van der Waals surface area contributed by atoms with Crippen LogP contribution in [0.15, 0.2) is 29.6 Å². The number of thiophene rings is 1. The first kappa shape index (κ1) is 21.1. The summed E-state index contributed by atoms with van der Waals surface area (Å²) in [6.07, 6.45) is 0.844. The van der Waals surface area contributed by atoms with E-state index < -0.39 is 0 Å². The number of methoxy groups -OCH3 is 2. The Labute approximate surface area is 175 Å². The van der Waals surface area contributed by atoms with Gasteiger partial charge >= 0.3 is 0 Å². The quantitative estimate of drug-likeness (QED) is 0.585. The Hall–Kier alpha value is -2.58. The van der Waals surface area contributed by atoms with Gasteiger partial charge in [-0.15, -0.1) is 11.3 Å². The van der Waals surface area contributed by atoms with Crippen molar-refractivity contribution in [2.24, 2.45) is 0 Å². The first-order chi connectivity index (χ1) is 14.1. The van der Waals surface area contributed by atoms with Crippen LogP contribution < -0.4 is 25.0 Å². The third kappa shape index (κ3) is 4.89. The number of fused-ring (bicyclic) bond motifs is 1. The van der Waals surface area contributed by atoms with E-state index in [1.54, 1.807) is 25.6 Å². The highest BCUT2D eigenvalue weighted by Gasteiger charge is 2.35. The smallest absolute Gasteiger partial charge is 0.275 e. The molecule has 1 aromatic heterocycles. The van der Waals surface area contributed by atoms with E-state index in [0.29, 0.717) is 18.8 Å². The number of carbonyl (C=O) groups is 2. The zero-order valence-electron chi connectivity index (χ0n) is 17.0. The number of rotatable bonds is 8. The second kappa shape index (κ2) is 9.76. The minimum atomic E-state index is -0.175. The predicted octanol–water partition coefficient (Wildman–Crippen LogP) is 0.548. The number of carbonyl (C=O) groups excluding carboxylic acids is 2. The highest BCUT2D eigenvalue weighted by atomic mass is 32.1. The van der Waals surface area contributed by atoms with Crippen molar-refractivity contribution >= 4 is 23.2 Å². The fourth-order valence-corrected chi connectivity index (χ4v) is 4.69. The second-order valence-electron chi connectivity index (χ2n) is 6.92. The van der Waals surface area contributed by atoms with Gasteiger partial charge < -0.3 is 25.0 Å². The summed E-state index contributed by atoms with van der Waals surface area (Å²) < 4.78 is 11.0. The molecule has 7 nitrogen and oxygen atoms in total. The Morgan fingerprint density at radius 1 is 1.17 bits per heavy atom. The van der Waals surface area contributed by atoms with Crippen LogP contribution in [0, 0.1) is 0 Å². The number of benzene rings is 1. The minimum Gasteiger partial charge on any atom is -0.493 e. The number of quaternary nitrogens is 1. The lowest BCUT2D eigenvalue weighted by molar-refractivity contribution is -0.919. The van der Waals surface area contributed by atoms with Gasteiger partial charge in [0.05, 0.1) is 32.2 Å². The first-order valence-electron chi connectivity index (χ1n) is 9.73. The summed E-state index contributed by atoms with van der Waals surface area (Å²) >= 11 is 1.68. The molecule has 2 atom stereocenters. The first-order valence-corrected chi connectivity index (χ1v) is 10.6. The Morgan fingerprint density at radius 2 is 1.93 bits per heavy atom. The van der Waals surface area contributed by atoms with E-state index in [0.717, 1.165) is 29.2 Å². The van der Waals surface area contributed by atoms with Gasteiger partial charge in [0.15, 0.2) is 18.0 Å². The SMILES string of the molecule is CCNC(=O)CNC(=O)C[NH+]1CCc2cc(OC)c(OC)cc2[C@@H]1c1cccs1. The molecular weight excluding hydrogens is 390 g/mol. The molecule has 3 rings (SSSR count). The van der Waals surface area contributed by atoms with Crippen LogP contribution >= 0.6 is 11.3 Å². The van der Waals surface area contributed by atoms with Gasteiger partial charge in [-0.2, -0.15) is 0 Å². The average molecular weight is 419 g/mol. The monoisotopic (exact) mass is 418 g/mol. The Bertz CT molecular complexity index is 854. The predicted molar refractivity (Wildman–Crippen MR) is 112 cm³/mol. The lowest BCUT2D eigenvalue weighted by Gasteiger charge is -2.34. The van der Waals surface area contributed by atoms with Gasteiger partial charge in [0, 0.05) is 18.5 Å². The standard InChI is InChI=1S/C21H27N3O4S/c1-4-22-19(25)12-23-20(26)13-24-8-7-14-10-16(27-2)17(28-3)11-15(14)21(24)18-6-5-9-29-18/h5-6,9-11,21H,4,7-8,12-13H2,1-3H3,(H,22,25)(H,23,26)/p+1/t21-/m1/s1. The molecule has 2 aromatic rings. The summed E-state index contributed by atoms with van der Waals surface area (Å²) in [4.78, 5) is 26.5. The largest absolute Gasteiger partial charge is 0.493 e. The summed E-state index contributed by atoms with van der Waals surface area (Å²) in [6, 6.07) is 8.24. The summed E-state index contributed by atoms with van der Waals surface area (Å²) in [5.41, 5.74) is 2.37. The van der Waals surface area contributed by atoms with Gasteiger partial charge in [-0.25, -0.2) is 0 Å². The van der Waals surface area contributed by atoms with E-state index in [-0.39, 0.29) is 24.4 Å². The van der Waals surface area contributed by atoms with Crippen molar-refractivity contribution in [1.82, 2.24) is 10.6 Å². The lowest BCUT2D eigenvalue weighted by Crippen LogP contribution is -3.14. The normalized spacial score (nSPS) is 17.9. The van der Waals surface area contributed by atoms with Gasteiger partial charge in [-0.3, -0.25) is 9.59 Å². The molecule has 0 fully saturated rings. The molecule has 0 spiro atoms. The Kier molecular flexibility index (Phi) is 7.11. The maximum Gasteiger partial charge on any atom is 0.275 e. The third-order valence-electron chi connectivity index (χ3n) is 5.12. The molecule has 8 heteroatoms. The number of ether oxygens (including phenoxy) is 2.